The predicted molar refractivity (Wildman–Crippen MR) is 45.7 cm³/mol. The van der Waals surface area contributed by atoms with E-state index in [1.54, 1.807) is 0 Å². The number of Topliss-reactive ketones (excluding diaryl/α,β-unsaturated/α-hetero) is 1. The Morgan fingerprint density at radius 3 is 2.75 bits per heavy atom. The molecule has 2 nitrogen and oxygen atoms in total. The van der Waals surface area contributed by atoms with Crippen molar-refractivity contribution >= 4 is 5.78 Å². The van der Waals surface area contributed by atoms with Gasteiger partial charge in [0.15, 0.2) is 0 Å². The number of carbonyl (C=O) groups is 1. The molecule has 68 valence electrons. The Kier molecular flexibility index (Phi) is 2.18. The molecule has 0 radical (unpaired) electrons. The van der Waals surface area contributed by atoms with Gasteiger partial charge in [0.25, 0.3) is 0 Å². The minimum atomic E-state index is -0.187. The van der Waals surface area contributed by atoms with Gasteiger partial charge in [0, 0.05) is 12.3 Å². The molecular formula is C10H16O2. The smallest absolute Gasteiger partial charge is 0.136 e. The summed E-state index contributed by atoms with van der Waals surface area (Å²) in [5.74, 6) is 0.924. The Bertz CT molecular complexity index is 188. The zero-order valence-electron chi connectivity index (χ0n) is 7.33. The van der Waals surface area contributed by atoms with Gasteiger partial charge in [-0.05, 0) is 31.6 Å². The van der Waals surface area contributed by atoms with Crippen molar-refractivity contribution in [3.05, 3.63) is 0 Å². The van der Waals surface area contributed by atoms with E-state index in [1.807, 2.05) is 0 Å². The highest BCUT2D eigenvalue weighted by Gasteiger charge is 2.38. The molecule has 2 rings (SSSR count). The maximum Gasteiger partial charge on any atom is 0.136 e. The molecular weight excluding hydrogens is 152 g/mol. The van der Waals surface area contributed by atoms with E-state index in [1.165, 1.54) is 0 Å². The van der Waals surface area contributed by atoms with Crippen molar-refractivity contribution in [1.82, 2.24) is 0 Å². The van der Waals surface area contributed by atoms with Crippen LogP contribution in [0.15, 0.2) is 0 Å². The predicted octanol–water partition coefficient (Wildman–Crippen LogP) is 1.52. The van der Waals surface area contributed by atoms with Crippen LogP contribution in [0.3, 0.4) is 0 Å². The Hall–Kier alpha value is -0.370. The Morgan fingerprint density at radius 1 is 1.17 bits per heavy atom. The Morgan fingerprint density at radius 2 is 2.00 bits per heavy atom. The number of fused-ring (bicyclic) bond motifs is 1. The SMILES string of the molecule is O=C1CCC[C@@H]2[C@H](O)CCC[C@@H]12. The number of aliphatic hydroxyl groups excluding tert-OH is 1. The first-order valence-electron chi connectivity index (χ1n) is 5.00. The molecule has 2 aliphatic rings. The van der Waals surface area contributed by atoms with Gasteiger partial charge in [0.2, 0.25) is 0 Å². The van der Waals surface area contributed by atoms with Crippen LogP contribution in [-0.2, 0) is 4.79 Å². The lowest BCUT2D eigenvalue weighted by molar-refractivity contribution is -0.131. The molecule has 0 aliphatic heterocycles. The molecule has 0 spiro atoms. The zero-order chi connectivity index (χ0) is 8.55. The van der Waals surface area contributed by atoms with Crippen LogP contribution in [0.2, 0.25) is 0 Å². The fraction of sp³-hybridized carbons (Fsp3) is 0.900. The molecule has 0 aromatic heterocycles. The van der Waals surface area contributed by atoms with Gasteiger partial charge in [-0.2, -0.15) is 0 Å². The van der Waals surface area contributed by atoms with Crippen molar-refractivity contribution in [2.24, 2.45) is 11.8 Å². The van der Waals surface area contributed by atoms with E-state index in [-0.39, 0.29) is 12.0 Å². The second-order valence-electron chi connectivity index (χ2n) is 4.13. The first kappa shape index (κ1) is 8.24. The molecule has 12 heavy (non-hydrogen) atoms. The van der Waals surface area contributed by atoms with Crippen molar-refractivity contribution < 1.29 is 9.90 Å². The van der Waals surface area contributed by atoms with Gasteiger partial charge in [0.05, 0.1) is 6.10 Å². The van der Waals surface area contributed by atoms with E-state index >= 15 is 0 Å². The summed E-state index contributed by atoms with van der Waals surface area (Å²) in [4.78, 5) is 11.5. The van der Waals surface area contributed by atoms with E-state index in [9.17, 15) is 9.90 Å². The summed E-state index contributed by atoms with van der Waals surface area (Å²) in [6.07, 6.45) is 5.61. The van der Waals surface area contributed by atoms with Crippen LogP contribution in [0.5, 0.6) is 0 Å². The highest BCUT2D eigenvalue weighted by molar-refractivity contribution is 5.82. The Balaban J connectivity index is 2.10. The van der Waals surface area contributed by atoms with Crippen LogP contribution in [0.25, 0.3) is 0 Å². The minimum Gasteiger partial charge on any atom is -0.393 e. The summed E-state index contributed by atoms with van der Waals surface area (Å²) in [6, 6.07) is 0. The van der Waals surface area contributed by atoms with E-state index in [2.05, 4.69) is 0 Å². The molecule has 0 aromatic rings. The third kappa shape index (κ3) is 1.28. The summed E-state index contributed by atoms with van der Waals surface area (Å²) in [5, 5.41) is 9.67. The lowest BCUT2D eigenvalue weighted by Crippen LogP contribution is -2.39. The fourth-order valence-corrected chi connectivity index (χ4v) is 2.73. The van der Waals surface area contributed by atoms with E-state index in [4.69, 9.17) is 0 Å². The summed E-state index contributed by atoms with van der Waals surface area (Å²) in [6.45, 7) is 0. The molecule has 2 saturated carbocycles. The molecule has 0 heterocycles. The lowest BCUT2D eigenvalue weighted by atomic mass is 9.69. The van der Waals surface area contributed by atoms with Gasteiger partial charge in [-0.1, -0.05) is 6.42 Å². The van der Waals surface area contributed by atoms with E-state index in [0.717, 1.165) is 38.5 Å². The van der Waals surface area contributed by atoms with Crippen LogP contribution >= 0.6 is 0 Å². The van der Waals surface area contributed by atoms with E-state index < -0.39 is 0 Å². The first-order chi connectivity index (χ1) is 5.79. The minimum absolute atomic E-state index is 0.187. The fourth-order valence-electron chi connectivity index (χ4n) is 2.73. The standard InChI is InChI=1S/C10H16O2/c11-9-5-1-3-7-8(9)4-2-6-10(7)12/h7-9,11H,1-6H2/t7-,8+,9-/m1/s1. The van der Waals surface area contributed by atoms with Crippen LogP contribution in [-0.4, -0.2) is 17.0 Å². The molecule has 2 aliphatic carbocycles. The highest BCUT2D eigenvalue weighted by atomic mass is 16.3. The Labute approximate surface area is 73.0 Å². The van der Waals surface area contributed by atoms with Crippen molar-refractivity contribution in [2.45, 2.75) is 44.6 Å². The quantitative estimate of drug-likeness (QED) is 0.595. The van der Waals surface area contributed by atoms with Gasteiger partial charge in [-0.15, -0.1) is 0 Å². The molecule has 0 unspecified atom stereocenters. The molecule has 0 amide bonds. The molecule has 0 saturated heterocycles. The number of aliphatic hydroxyl groups is 1. The number of rotatable bonds is 0. The van der Waals surface area contributed by atoms with Crippen LogP contribution in [0, 0.1) is 11.8 Å². The second kappa shape index (κ2) is 3.17. The van der Waals surface area contributed by atoms with Crippen LogP contribution in [0.4, 0.5) is 0 Å². The summed E-state index contributed by atoms with van der Waals surface area (Å²) in [5.41, 5.74) is 0. The van der Waals surface area contributed by atoms with Gasteiger partial charge in [0.1, 0.15) is 5.78 Å². The second-order valence-corrected chi connectivity index (χ2v) is 4.13. The molecule has 3 atom stereocenters. The molecule has 0 bridgehead atoms. The van der Waals surface area contributed by atoms with Gasteiger partial charge >= 0.3 is 0 Å². The van der Waals surface area contributed by atoms with Crippen molar-refractivity contribution in [3.8, 4) is 0 Å². The normalized spacial score (nSPS) is 42.4. The maximum absolute atomic E-state index is 11.5. The van der Waals surface area contributed by atoms with Crippen LogP contribution < -0.4 is 0 Å². The number of hydrogen-bond donors (Lipinski definition) is 1. The zero-order valence-corrected chi connectivity index (χ0v) is 7.33. The van der Waals surface area contributed by atoms with Crippen molar-refractivity contribution in [3.63, 3.8) is 0 Å². The number of hydrogen-bond acceptors (Lipinski definition) is 2. The topological polar surface area (TPSA) is 37.3 Å². The van der Waals surface area contributed by atoms with Gasteiger partial charge < -0.3 is 5.11 Å². The van der Waals surface area contributed by atoms with Crippen LogP contribution in [0.1, 0.15) is 38.5 Å². The number of ketones is 1. The van der Waals surface area contributed by atoms with Gasteiger partial charge in [-0.3, -0.25) is 4.79 Å². The average molecular weight is 168 g/mol. The molecule has 1 N–H and O–H groups in total. The summed E-state index contributed by atoms with van der Waals surface area (Å²) < 4.78 is 0. The van der Waals surface area contributed by atoms with E-state index in [0.29, 0.717) is 11.7 Å². The number of carbonyl (C=O) groups excluding carboxylic acids is 1. The van der Waals surface area contributed by atoms with Crippen molar-refractivity contribution in [2.75, 3.05) is 0 Å². The van der Waals surface area contributed by atoms with Gasteiger partial charge in [-0.25, -0.2) is 0 Å². The monoisotopic (exact) mass is 168 g/mol. The average Bonchev–Trinajstić information content (AvgIpc) is 2.07. The maximum atomic E-state index is 11.5. The van der Waals surface area contributed by atoms with Crippen molar-refractivity contribution in [1.29, 1.82) is 0 Å². The third-order valence-electron chi connectivity index (χ3n) is 3.40. The third-order valence-corrected chi connectivity index (χ3v) is 3.40. The molecule has 2 heteroatoms. The largest absolute Gasteiger partial charge is 0.393 e. The molecule has 2 fully saturated rings. The first-order valence-corrected chi connectivity index (χ1v) is 5.00. The summed E-state index contributed by atoms with van der Waals surface area (Å²) in [7, 11) is 0. The molecule has 0 aromatic carbocycles. The highest BCUT2D eigenvalue weighted by Crippen LogP contribution is 2.38. The summed E-state index contributed by atoms with van der Waals surface area (Å²) >= 11 is 0. The lowest BCUT2D eigenvalue weighted by Gasteiger charge is -2.37.